The van der Waals surface area contributed by atoms with Gasteiger partial charge < -0.3 is 5.11 Å². The molecule has 2 fully saturated rings. The Bertz CT molecular complexity index is 752. The maximum Gasteiger partial charge on any atom is 0.0483 e. The molecule has 0 aliphatic heterocycles. The molecule has 3 aliphatic carbocycles. The Labute approximate surface area is 181 Å². The smallest absolute Gasteiger partial charge is 0.0483 e. The van der Waals surface area contributed by atoms with Crippen LogP contribution in [0.5, 0.6) is 0 Å². The van der Waals surface area contributed by atoms with Crippen LogP contribution in [0.15, 0.2) is 36.4 Å². The number of aliphatic hydroxyl groups is 1. The van der Waals surface area contributed by atoms with E-state index in [0.29, 0.717) is 5.92 Å². The first-order chi connectivity index (χ1) is 12.0. The molecule has 5 rings (SSSR count). The lowest BCUT2D eigenvalue weighted by atomic mass is 9.68. The van der Waals surface area contributed by atoms with Gasteiger partial charge in [-0.2, -0.15) is 0 Å². The molecule has 0 saturated heterocycles. The second kappa shape index (κ2) is 10.6. The van der Waals surface area contributed by atoms with E-state index in [4.69, 9.17) is 5.11 Å². The molecule has 2 bridgehead atoms. The summed E-state index contributed by atoms with van der Waals surface area (Å²) in [5.74, 6) is 5.36. The topological polar surface area (TPSA) is 20.2 Å². The van der Waals surface area contributed by atoms with Gasteiger partial charge in [0.05, 0.1) is 0 Å². The highest BCUT2D eigenvalue weighted by molar-refractivity contribution is 5.92. The molecule has 2 aromatic carbocycles. The zero-order valence-electron chi connectivity index (χ0n) is 16.1. The molecular weight excluding hydrogens is 352 g/mol. The Kier molecular flexibility index (Phi) is 10.1. The highest BCUT2D eigenvalue weighted by atomic mass is 16.3. The third-order valence-corrected chi connectivity index (χ3v) is 7.18. The standard InChI is InChI=1S/C21H24.C3H8O.4CH4/c1-12-15-9-10-16(11-15)19(12)20-13(2)17-7-3-5-14-6-4-8-18(20)21(14)17;1-3(2)4;;;;/h3-8,12-13,15-16,19-20H,9-11H2,1-2H3;3-4H,1-2H3;4*1H4. The number of aliphatic hydroxyl groups excluding tert-OH is 1. The SMILES string of the molecule is C.C.C.C.CC(C)O.CC1c2cccc3cccc(c23)C1C1C2CCC(C2)C1C. The number of hydrogen-bond acceptors (Lipinski definition) is 1. The molecule has 1 nitrogen and oxygen atoms in total. The Morgan fingerprint density at radius 1 is 0.828 bits per heavy atom. The summed E-state index contributed by atoms with van der Waals surface area (Å²) in [5.41, 5.74) is 3.28. The molecule has 6 atom stereocenters. The quantitative estimate of drug-likeness (QED) is 0.507. The van der Waals surface area contributed by atoms with Crippen LogP contribution in [-0.4, -0.2) is 11.2 Å². The van der Waals surface area contributed by atoms with Crippen LogP contribution in [-0.2, 0) is 0 Å². The molecule has 1 heteroatoms. The highest BCUT2D eigenvalue weighted by Gasteiger charge is 2.51. The van der Waals surface area contributed by atoms with Crippen LogP contribution in [0.25, 0.3) is 10.8 Å². The summed E-state index contributed by atoms with van der Waals surface area (Å²) in [6.45, 7) is 8.47. The minimum Gasteiger partial charge on any atom is -0.394 e. The highest BCUT2D eigenvalue weighted by Crippen LogP contribution is 2.62. The molecule has 6 unspecified atom stereocenters. The Hall–Kier alpha value is -1.34. The molecule has 3 aliphatic rings. The molecule has 166 valence electrons. The van der Waals surface area contributed by atoms with E-state index in [1.807, 2.05) is 0 Å². The van der Waals surface area contributed by atoms with E-state index in [2.05, 4.69) is 50.2 Å². The average molecular weight is 401 g/mol. The molecule has 2 saturated carbocycles. The number of fused-ring (bicyclic) bond motifs is 2. The summed E-state index contributed by atoms with van der Waals surface area (Å²) in [4.78, 5) is 0. The van der Waals surface area contributed by atoms with Gasteiger partial charge in [0.2, 0.25) is 0 Å². The fourth-order valence-electron chi connectivity index (χ4n) is 6.30. The van der Waals surface area contributed by atoms with Crippen LogP contribution in [0.2, 0.25) is 0 Å². The van der Waals surface area contributed by atoms with Gasteiger partial charge in [-0.15, -0.1) is 0 Å². The fourth-order valence-corrected chi connectivity index (χ4v) is 6.30. The van der Waals surface area contributed by atoms with Crippen LogP contribution >= 0.6 is 0 Å². The number of rotatable bonds is 1. The zero-order valence-corrected chi connectivity index (χ0v) is 16.1. The van der Waals surface area contributed by atoms with E-state index in [9.17, 15) is 0 Å². The largest absolute Gasteiger partial charge is 0.394 e. The maximum atomic E-state index is 8.06. The van der Waals surface area contributed by atoms with Gasteiger partial charge in [0, 0.05) is 6.10 Å². The van der Waals surface area contributed by atoms with Crippen molar-refractivity contribution in [3.05, 3.63) is 47.5 Å². The lowest BCUT2D eigenvalue weighted by molar-refractivity contribution is 0.191. The second-order valence-corrected chi connectivity index (χ2v) is 8.97. The van der Waals surface area contributed by atoms with Gasteiger partial charge in [0.1, 0.15) is 0 Å². The number of hydrogen-bond donors (Lipinski definition) is 1. The third-order valence-electron chi connectivity index (χ3n) is 7.18. The first kappa shape index (κ1) is 27.7. The monoisotopic (exact) mass is 400 g/mol. The summed E-state index contributed by atoms with van der Waals surface area (Å²) in [6, 6.07) is 13.9. The molecular formula is C28H48O. The molecule has 2 aromatic rings. The van der Waals surface area contributed by atoms with Gasteiger partial charge >= 0.3 is 0 Å². The van der Waals surface area contributed by atoms with Crippen molar-refractivity contribution in [3.8, 4) is 0 Å². The summed E-state index contributed by atoms with van der Waals surface area (Å²) in [7, 11) is 0. The predicted octanol–water partition coefficient (Wildman–Crippen LogP) is 8.65. The fraction of sp³-hybridized carbons (Fsp3) is 0.643. The predicted molar refractivity (Wildman–Crippen MR) is 133 cm³/mol. The van der Waals surface area contributed by atoms with E-state index < -0.39 is 0 Å². The van der Waals surface area contributed by atoms with Crippen molar-refractivity contribution < 1.29 is 5.11 Å². The van der Waals surface area contributed by atoms with Crippen LogP contribution < -0.4 is 0 Å². The van der Waals surface area contributed by atoms with Crippen LogP contribution in [0.3, 0.4) is 0 Å². The lowest BCUT2D eigenvalue weighted by Gasteiger charge is -2.36. The molecule has 0 spiro atoms. The third kappa shape index (κ3) is 4.55. The first-order valence-corrected chi connectivity index (χ1v) is 10.2. The van der Waals surface area contributed by atoms with E-state index in [1.165, 1.54) is 24.6 Å². The van der Waals surface area contributed by atoms with Crippen LogP contribution in [0.1, 0.15) is 99.6 Å². The second-order valence-electron chi connectivity index (χ2n) is 8.97. The minimum atomic E-state index is -0.167. The van der Waals surface area contributed by atoms with Gasteiger partial charge in [0.25, 0.3) is 0 Å². The van der Waals surface area contributed by atoms with Crippen molar-refractivity contribution in [2.75, 3.05) is 0 Å². The molecule has 0 aromatic heterocycles. The van der Waals surface area contributed by atoms with E-state index in [0.717, 1.165) is 29.6 Å². The van der Waals surface area contributed by atoms with Gasteiger partial charge in [-0.25, -0.2) is 0 Å². The van der Waals surface area contributed by atoms with Crippen molar-refractivity contribution >= 4 is 10.8 Å². The normalized spacial score (nSPS) is 30.4. The minimum absolute atomic E-state index is 0. The Balaban J connectivity index is 0.000000909. The van der Waals surface area contributed by atoms with Gasteiger partial charge in [-0.05, 0) is 90.5 Å². The first-order valence-electron chi connectivity index (χ1n) is 10.2. The lowest BCUT2D eigenvalue weighted by Crippen LogP contribution is -2.27. The molecule has 0 heterocycles. The van der Waals surface area contributed by atoms with Crippen molar-refractivity contribution in [3.63, 3.8) is 0 Å². The molecule has 29 heavy (non-hydrogen) atoms. The average Bonchev–Trinajstić information content (AvgIpc) is 3.23. The van der Waals surface area contributed by atoms with E-state index in [-0.39, 0.29) is 35.8 Å². The number of benzene rings is 2. The van der Waals surface area contributed by atoms with E-state index in [1.54, 1.807) is 30.4 Å². The Morgan fingerprint density at radius 2 is 1.34 bits per heavy atom. The molecule has 0 radical (unpaired) electrons. The van der Waals surface area contributed by atoms with Crippen molar-refractivity contribution in [2.24, 2.45) is 23.7 Å². The molecule has 0 amide bonds. The Morgan fingerprint density at radius 3 is 1.86 bits per heavy atom. The van der Waals surface area contributed by atoms with Gasteiger partial charge in [-0.3, -0.25) is 0 Å². The van der Waals surface area contributed by atoms with Crippen molar-refractivity contribution in [1.29, 1.82) is 0 Å². The van der Waals surface area contributed by atoms with Gasteiger partial charge in [-0.1, -0.05) is 80.0 Å². The van der Waals surface area contributed by atoms with Crippen molar-refractivity contribution in [1.82, 2.24) is 0 Å². The van der Waals surface area contributed by atoms with Crippen LogP contribution in [0, 0.1) is 23.7 Å². The summed E-state index contributed by atoms with van der Waals surface area (Å²) in [6.07, 6.45) is 4.34. The van der Waals surface area contributed by atoms with Crippen molar-refractivity contribution in [2.45, 2.75) is 94.6 Å². The summed E-state index contributed by atoms with van der Waals surface area (Å²) in [5, 5.41) is 11.1. The summed E-state index contributed by atoms with van der Waals surface area (Å²) < 4.78 is 0. The van der Waals surface area contributed by atoms with Crippen LogP contribution in [0.4, 0.5) is 0 Å². The summed E-state index contributed by atoms with van der Waals surface area (Å²) >= 11 is 0. The van der Waals surface area contributed by atoms with Gasteiger partial charge in [0.15, 0.2) is 0 Å². The van der Waals surface area contributed by atoms with E-state index >= 15 is 0 Å². The zero-order chi connectivity index (χ0) is 17.7. The maximum absolute atomic E-state index is 8.06. The molecule has 1 N–H and O–H groups in total.